The molecular formula is C10H18O3. The molecule has 13 heavy (non-hydrogen) atoms. The highest BCUT2D eigenvalue weighted by molar-refractivity contribution is 4.72. The van der Waals surface area contributed by atoms with E-state index in [0.717, 1.165) is 45.5 Å². The normalized spacial score (nSPS) is 39.0. The number of aliphatic hydroxyl groups is 1. The fraction of sp³-hybridized carbons (Fsp3) is 1.00. The van der Waals surface area contributed by atoms with Gasteiger partial charge in [0.25, 0.3) is 0 Å². The Morgan fingerprint density at radius 3 is 2.46 bits per heavy atom. The first-order valence-electron chi connectivity index (χ1n) is 5.22. The average Bonchev–Trinajstić information content (AvgIpc) is 2.92. The highest BCUT2D eigenvalue weighted by atomic mass is 16.6. The van der Waals surface area contributed by atoms with Crippen LogP contribution in [-0.4, -0.2) is 37.1 Å². The van der Waals surface area contributed by atoms with Gasteiger partial charge in [-0.25, -0.2) is 0 Å². The van der Waals surface area contributed by atoms with Crippen LogP contribution in [0.25, 0.3) is 0 Å². The first kappa shape index (κ1) is 9.44. The molecule has 1 unspecified atom stereocenters. The highest BCUT2D eigenvalue weighted by Crippen LogP contribution is 2.24. The molecule has 1 aliphatic heterocycles. The lowest BCUT2D eigenvalue weighted by atomic mass is 9.88. The molecule has 2 aliphatic rings. The van der Waals surface area contributed by atoms with Gasteiger partial charge in [-0.3, -0.25) is 0 Å². The van der Waals surface area contributed by atoms with Gasteiger partial charge in [0.2, 0.25) is 0 Å². The van der Waals surface area contributed by atoms with Gasteiger partial charge in [0.05, 0.1) is 19.3 Å². The van der Waals surface area contributed by atoms with Gasteiger partial charge in [-0.2, -0.15) is 0 Å². The molecule has 0 spiro atoms. The van der Waals surface area contributed by atoms with Crippen molar-refractivity contribution in [1.82, 2.24) is 0 Å². The minimum Gasteiger partial charge on any atom is -0.393 e. The smallest absolute Gasteiger partial charge is 0.104 e. The fourth-order valence-electron chi connectivity index (χ4n) is 1.84. The summed E-state index contributed by atoms with van der Waals surface area (Å²) in [6.07, 6.45) is 4.47. The van der Waals surface area contributed by atoms with Crippen molar-refractivity contribution in [2.75, 3.05) is 19.8 Å². The summed E-state index contributed by atoms with van der Waals surface area (Å²) in [5.41, 5.74) is 0. The zero-order valence-electron chi connectivity index (χ0n) is 7.95. The highest BCUT2D eigenvalue weighted by Gasteiger charge is 2.24. The molecule has 1 N–H and O–H groups in total. The van der Waals surface area contributed by atoms with Crippen molar-refractivity contribution in [3.63, 3.8) is 0 Å². The molecule has 0 radical (unpaired) electrons. The third-order valence-electron chi connectivity index (χ3n) is 2.88. The van der Waals surface area contributed by atoms with E-state index in [1.165, 1.54) is 0 Å². The Labute approximate surface area is 79.0 Å². The topological polar surface area (TPSA) is 42.0 Å². The van der Waals surface area contributed by atoms with E-state index in [2.05, 4.69) is 0 Å². The molecule has 1 atom stereocenters. The van der Waals surface area contributed by atoms with Crippen LogP contribution in [0.5, 0.6) is 0 Å². The quantitative estimate of drug-likeness (QED) is 0.665. The van der Waals surface area contributed by atoms with Gasteiger partial charge in [0, 0.05) is 6.61 Å². The number of hydrogen-bond donors (Lipinski definition) is 1. The maximum atomic E-state index is 9.29. The van der Waals surface area contributed by atoms with Crippen LogP contribution in [-0.2, 0) is 9.47 Å². The Kier molecular flexibility index (Phi) is 3.19. The number of hydrogen-bond acceptors (Lipinski definition) is 3. The summed E-state index contributed by atoms with van der Waals surface area (Å²) >= 11 is 0. The molecule has 0 aromatic rings. The van der Waals surface area contributed by atoms with E-state index in [1.54, 1.807) is 0 Å². The standard InChI is InChI=1S/C10H18O3/c11-9-3-1-8(2-4-9)5-12-6-10-7-13-10/h8-11H,1-7H2. The van der Waals surface area contributed by atoms with Crippen LogP contribution in [0.3, 0.4) is 0 Å². The van der Waals surface area contributed by atoms with Gasteiger partial charge in [-0.1, -0.05) is 0 Å². The van der Waals surface area contributed by atoms with E-state index in [1.807, 2.05) is 0 Å². The summed E-state index contributed by atoms with van der Waals surface area (Å²) < 4.78 is 10.6. The summed E-state index contributed by atoms with van der Waals surface area (Å²) in [4.78, 5) is 0. The van der Waals surface area contributed by atoms with Crippen molar-refractivity contribution in [1.29, 1.82) is 0 Å². The van der Waals surface area contributed by atoms with E-state index in [0.29, 0.717) is 12.0 Å². The van der Waals surface area contributed by atoms with E-state index >= 15 is 0 Å². The maximum Gasteiger partial charge on any atom is 0.104 e. The molecule has 3 nitrogen and oxygen atoms in total. The van der Waals surface area contributed by atoms with Crippen molar-refractivity contribution in [3.05, 3.63) is 0 Å². The van der Waals surface area contributed by atoms with Crippen molar-refractivity contribution < 1.29 is 14.6 Å². The van der Waals surface area contributed by atoms with Crippen LogP contribution in [0.4, 0.5) is 0 Å². The van der Waals surface area contributed by atoms with E-state index in [-0.39, 0.29) is 6.10 Å². The monoisotopic (exact) mass is 186 g/mol. The third kappa shape index (κ3) is 3.25. The van der Waals surface area contributed by atoms with Gasteiger partial charge in [0.15, 0.2) is 0 Å². The Bertz CT molecular complexity index is 148. The second-order valence-corrected chi connectivity index (χ2v) is 4.17. The van der Waals surface area contributed by atoms with Gasteiger partial charge in [-0.15, -0.1) is 0 Å². The maximum absolute atomic E-state index is 9.29. The largest absolute Gasteiger partial charge is 0.393 e. The first-order valence-corrected chi connectivity index (χ1v) is 5.22. The molecule has 0 aromatic heterocycles. The number of ether oxygens (including phenoxy) is 2. The van der Waals surface area contributed by atoms with Crippen molar-refractivity contribution in [2.45, 2.75) is 37.9 Å². The summed E-state index contributed by atoms with van der Waals surface area (Å²) in [7, 11) is 0. The van der Waals surface area contributed by atoms with Crippen LogP contribution in [0.2, 0.25) is 0 Å². The second-order valence-electron chi connectivity index (χ2n) is 4.17. The number of epoxide rings is 1. The zero-order valence-corrected chi connectivity index (χ0v) is 7.95. The number of rotatable bonds is 4. The minimum absolute atomic E-state index is 0.0528. The van der Waals surface area contributed by atoms with E-state index in [9.17, 15) is 5.11 Å². The van der Waals surface area contributed by atoms with Crippen molar-refractivity contribution >= 4 is 0 Å². The summed E-state index contributed by atoms with van der Waals surface area (Å²) in [5, 5.41) is 9.29. The lowest BCUT2D eigenvalue weighted by Gasteiger charge is -2.24. The molecule has 2 fully saturated rings. The predicted molar refractivity (Wildman–Crippen MR) is 48.5 cm³/mol. The summed E-state index contributed by atoms with van der Waals surface area (Å²) in [5.74, 6) is 0.669. The molecule has 3 heteroatoms. The molecule has 0 aromatic carbocycles. The molecule has 0 bridgehead atoms. The van der Waals surface area contributed by atoms with Crippen LogP contribution in [0, 0.1) is 5.92 Å². The Morgan fingerprint density at radius 2 is 1.85 bits per heavy atom. The van der Waals surface area contributed by atoms with Crippen LogP contribution in [0.1, 0.15) is 25.7 Å². The van der Waals surface area contributed by atoms with Gasteiger partial charge < -0.3 is 14.6 Å². The van der Waals surface area contributed by atoms with Gasteiger partial charge in [0.1, 0.15) is 6.10 Å². The van der Waals surface area contributed by atoms with E-state index in [4.69, 9.17) is 9.47 Å². The van der Waals surface area contributed by atoms with Gasteiger partial charge in [-0.05, 0) is 31.6 Å². The van der Waals surface area contributed by atoms with Crippen LogP contribution in [0.15, 0.2) is 0 Å². The predicted octanol–water partition coefficient (Wildman–Crippen LogP) is 0.953. The second kappa shape index (κ2) is 4.40. The fourth-order valence-corrected chi connectivity index (χ4v) is 1.84. The summed E-state index contributed by atoms with van der Waals surface area (Å²) in [6, 6.07) is 0. The molecule has 1 aliphatic carbocycles. The van der Waals surface area contributed by atoms with Gasteiger partial charge >= 0.3 is 0 Å². The lowest BCUT2D eigenvalue weighted by molar-refractivity contribution is 0.0456. The van der Waals surface area contributed by atoms with E-state index < -0.39 is 0 Å². The molecule has 1 saturated carbocycles. The first-order chi connectivity index (χ1) is 6.34. The Hall–Kier alpha value is -0.120. The van der Waals surface area contributed by atoms with Crippen molar-refractivity contribution in [2.24, 2.45) is 5.92 Å². The molecule has 0 amide bonds. The Morgan fingerprint density at radius 1 is 1.15 bits per heavy atom. The summed E-state index contributed by atoms with van der Waals surface area (Å²) in [6.45, 7) is 2.50. The zero-order chi connectivity index (χ0) is 9.10. The molecule has 1 heterocycles. The van der Waals surface area contributed by atoms with Crippen LogP contribution < -0.4 is 0 Å². The van der Waals surface area contributed by atoms with Crippen LogP contribution >= 0.6 is 0 Å². The lowest BCUT2D eigenvalue weighted by Crippen LogP contribution is -2.22. The molecule has 1 saturated heterocycles. The molecule has 2 rings (SSSR count). The Balaban J connectivity index is 1.53. The molecule has 76 valence electrons. The number of aliphatic hydroxyl groups excluding tert-OH is 1. The average molecular weight is 186 g/mol. The third-order valence-corrected chi connectivity index (χ3v) is 2.88. The molecular weight excluding hydrogens is 168 g/mol. The SMILES string of the molecule is OC1CCC(COCC2CO2)CC1. The minimum atomic E-state index is -0.0528. The van der Waals surface area contributed by atoms with Crippen molar-refractivity contribution in [3.8, 4) is 0 Å².